The van der Waals surface area contributed by atoms with Crippen LogP contribution >= 0.6 is 0 Å². The molecule has 2 amide bonds. The summed E-state index contributed by atoms with van der Waals surface area (Å²) < 4.78 is 1.60. The summed E-state index contributed by atoms with van der Waals surface area (Å²) >= 11 is 0. The lowest BCUT2D eigenvalue weighted by atomic mass is 10.1. The minimum atomic E-state index is -0.415. The number of anilines is 2. The summed E-state index contributed by atoms with van der Waals surface area (Å²) in [5.41, 5.74) is 0.950. The molecule has 0 spiro atoms. The molecule has 0 radical (unpaired) electrons. The highest BCUT2D eigenvalue weighted by molar-refractivity contribution is 5.98. The first-order valence-corrected chi connectivity index (χ1v) is 6.62. The van der Waals surface area contributed by atoms with Crippen molar-refractivity contribution in [2.45, 2.75) is 32.7 Å². The van der Waals surface area contributed by atoms with E-state index in [9.17, 15) is 4.79 Å². The zero-order valence-corrected chi connectivity index (χ0v) is 11.9. The molecule has 8 heteroatoms. The van der Waals surface area contributed by atoms with Crippen molar-refractivity contribution in [1.82, 2.24) is 20.0 Å². The molecule has 0 saturated carbocycles. The molecule has 2 heterocycles. The van der Waals surface area contributed by atoms with Gasteiger partial charge in [0, 0.05) is 24.0 Å². The molecular weight excluding hydrogens is 270 g/mol. The Morgan fingerprint density at radius 2 is 2.24 bits per heavy atom. The Bertz CT molecular complexity index is 650. The lowest BCUT2D eigenvalue weighted by molar-refractivity contribution is 0.262. The maximum absolute atomic E-state index is 11.8. The second-order valence-electron chi connectivity index (χ2n) is 4.81. The molecule has 110 valence electrons. The average molecular weight is 287 g/mol. The third kappa shape index (κ3) is 4.07. The van der Waals surface area contributed by atoms with Gasteiger partial charge in [-0.1, -0.05) is 13.8 Å². The number of nitrogens with one attached hydrogen (secondary N) is 3. The molecule has 0 aliphatic rings. The number of nitriles is 1. The van der Waals surface area contributed by atoms with Gasteiger partial charge in [0.25, 0.3) is 0 Å². The van der Waals surface area contributed by atoms with Gasteiger partial charge in [0.15, 0.2) is 11.6 Å². The third-order valence-electron chi connectivity index (χ3n) is 2.80. The normalized spacial score (nSPS) is 10.4. The minimum Gasteiger partial charge on any atom is -0.291 e. The van der Waals surface area contributed by atoms with Gasteiger partial charge in [-0.15, -0.1) is 0 Å². The predicted octanol–water partition coefficient (Wildman–Crippen LogP) is 2.29. The molecule has 2 aromatic heterocycles. The molecule has 0 aliphatic carbocycles. The molecule has 3 N–H and O–H groups in total. The summed E-state index contributed by atoms with van der Waals surface area (Å²) in [6.07, 6.45) is 2.08. The van der Waals surface area contributed by atoms with Crippen LogP contribution in [0.15, 0.2) is 18.3 Å². The zero-order valence-electron chi connectivity index (χ0n) is 11.9. The van der Waals surface area contributed by atoms with Crippen molar-refractivity contribution in [3.05, 3.63) is 24.0 Å². The van der Waals surface area contributed by atoms with Crippen LogP contribution in [0.1, 0.15) is 31.9 Å². The highest BCUT2D eigenvalue weighted by Crippen LogP contribution is 2.14. The highest BCUT2D eigenvalue weighted by atomic mass is 16.2. The summed E-state index contributed by atoms with van der Waals surface area (Å²) in [6.45, 7) is 4.56. The van der Waals surface area contributed by atoms with Crippen LogP contribution in [-0.4, -0.2) is 26.0 Å². The fraction of sp³-hybridized carbons (Fsp3) is 0.385. The molecule has 0 fully saturated rings. The van der Waals surface area contributed by atoms with E-state index in [1.54, 1.807) is 23.0 Å². The molecule has 2 rings (SSSR count). The number of urea groups is 1. The summed E-state index contributed by atoms with van der Waals surface area (Å²) in [4.78, 5) is 11.8. The van der Waals surface area contributed by atoms with Crippen molar-refractivity contribution in [2.75, 3.05) is 10.6 Å². The molecule has 0 saturated heterocycles. The molecule has 0 atom stereocenters. The molecule has 8 nitrogen and oxygen atoms in total. The summed E-state index contributed by atoms with van der Waals surface area (Å²) in [5.74, 6) is 1.19. The van der Waals surface area contributed by atoms with Crippen molar-refractivity contribution in [1.29, 1.82) is 5.26 Å². The second-order valence-corrected chi connectivity index (χ2v) is 4.81. The van der Waals surface area contributed by atoms with Gasteiger partial charge in [0.2, 0.25) is 0 Å². The van der Waals surface area contributed by atoms with E-state index in [4.69, 9.17) is 5.26 Å². The SMILES string of the molecule is CC(C)c1cc(NC(=O)Nc2ccn(CCC#N)n2)n[nH]1. The molecule has 0 aliphatic heterocycles. The van der Waals surface area contributed by atoms with E-state index >= 15 is 0 Å². The largest absolute Gasteiger partial charge is 0.326 e. The highest BCUT2D eigenvalue weighted by Gasteiger charge is 2.09. The molecule has 2 aromatic rings. The van der Waals surface area contributed by atoms with Crippen LogP contribution in [0.3, 0.4) is 0 Å². The third-order valence-corrected chi connectivity index (χ3v) is 2.80. The molecular formula is C13H17N7O. The maximum Gasteiger partial charge on any atom is 0.326 e. The van der Waals surface area contributed by atoms with E-state index in [1.807, 2.05) is 19.9 Å². The number of nitrogens with zero attached hydrogens (tertiary/aromatic N) is 4. The fourth-order valence-corrected chi connectivity index (χ4v) is 1.68. The second kappa shape index (κ2) is 6.56. The van der Waals surface area contributed by atoms with E-state index in [-0.39, 0.29) is 0 Å². The fourth-order valence-electron chi connectivity index (χ4n) is 1.68. The number of carbonyl (C=O) groups excluding carboxylic acids is 1. The standard InChI is InChI=1S/C13H17N7O/c1-9(2)10-8-12(18-17-10)16-13(21)15-11-4-7-20(19-11)6-3-5-14/h4,7-9H,3,6H2,1-2H3,(H3,15,16,17,18,19,21). The van der Waals surface area contributed by atoms with Crippen LogP contribution in [0.5, 0.6) is 0 Å². The number of rotatable bonds is 5. The van der Waals surface area contributed by atoms with Crippen LogP contribution in [0.2, 0.25) is 0 Å². The molecule has 0 aromatic carbocycles. The first kappa shape index (κ1) is 14.6. The van der Waals surface area contributed by atoms with Gasteiger partial charge in [-0.2, -0.15) is 15.5 Å². The maximum atomic E-state index is 11.8. The molecule has 21 heavy (non-hydrogen) atoms. The van der Waals surface area contributed by atoms with Crippen molar-refractivity contribution in [3.8, 4) is 6.07 Å². The lowest BCUT2D eigenvalue weighted by Crippen LogP contribution is -2.20. The van der Waals surface area contributed by atoms with Gasteiger partial charge in [-0.3, -0.25) is 20.4 Å². The number of aromatic nitrogens is 4. The van der Waals surface area contributed by atoms with Gasteiger partial charge in [0.1, 0.15) is 0 Å². The van der Waals surface area contributed by atoms with Crippen molar-refractivity contribution >= 4 is 17.7 Å². The van der Waals surface area contributed by atoms with Gasteiger partial charge < -0.3 is 0 Å². The Morgan fingerprint density at radius 3 is 2.90 bits per heavy atom. The predicted molar refractivity (Wildman–Crippen MR) is 77.8 cm³/mol. The summed E-state index contributed by atoms with van der Waals surface area (Å²) in [6, 6.07) is 5.08. The summed E-state index contributed by atoms with van der Waals surface area (Å²) in [5, 5.41) is 24.7. The van der Waals surface area contributed by atoms with E-state index in [0.717, 1.165) is 5.69 Å². The molecule has 0 bridgehead atoms. The van der Waals surface area contributed by atoms with Crippen LogP contribution in [-0.2, 0) is 6.54 Å². The topological polar surface area (TPSA) is 111 Å². The van der Waals surface area contributed by atoms with Crippen LogP contribution in [0.25, 0.3) is 0 Å². The van der Waals surface area contributed by atoms with Crippen LogP contribution in [0.4, 0.5) is 16.4 Å². The van der Waals surface area contributed by atoms with E-state index in [1.165, 1.54) is 0 Å². The van der Waals surface area contributed by atoms with Gasteiger partial charge in [-0.25, -0.2) is 4.79 Å². The number of H-pyrrole nitrogens is 1. The van der Waals surface area contributed by atoms with Gasteiger partial charge in [0.05, 0.1) is 19.0 Å². The van der Waals surface area contributed by atoms with E-state index < -0.39 is 6.03 Å². The van der Waals surface area contributed by atoms with Crippen molar-refractivity contribution in [3.63, 3.8) is 0 Å². The Hall–Kier alpha value is -2.82. The Labute approximate surface area is 122 Å². The quantitative estimate of drug-likeness (QED) is 0.783. The number of hydrogen-bond acceptors (Lipinski definition) is 4. The van der Waals surface area contributed by atoms with E-state index in [2.05, 4.69) is 25.9 Å². The first-order chi connectivity index (χ1) is 10.1. The van der Waals surface area contributed by atoms with Crippen molar-refractivity contribution in [2.24, 2.45) is 0 Å². The first-order valence-electron chi connectivity index (χ1n) is 6.62. The average Bonchev–Trinajstić information content (AvgIpc) is 3.06. The minimum absolute atomic E-state index is 0.312. The number of hydrogen-bond donors (Lipinski definition) is 3. The summed E-state index contributed by atoms with van der Waals surface area (Å²) in [7, 11) is 0. The number of amides is 2. The Kier molecular flexibility index (Phi) is 4.56. The van der Waals surface area contributed by atoms with Gasteiger partial charge >= 0.3 is 6.03 Å². The van der Waals surface area contributed by atoms with E-state index in [0.29, 0.717) is 30.5 Å². The monoisotopic (exact) mass is 287 g/mol. The Balaban J connectivity index is 1.89. The Morgan fingerprint density at radius 1 is 1.48 bits per heavy atom. The number of carbonyl (C=O) groups is 1. The van der Waals surface area contributed by atoms with Gasteiger partial charge in [-0.05, 0) is 5.92 Å². The lowest BCUT2D eigenvalue weighted by Gasteiger charge is -2.02. The van der Waals surface area contributed by atoms with Crippen molar-refractivity contribution < 1.29 is 4.79 Å². The zero-order chi connectivity index (χ0) is 15.2. The molecule has 0 unspecified atom stereocenters. The van der Waals surface area contributed by atoms with Crippen LogP contribution < -0.4 is 10.6 Å². The smallest absolute Gasteiger partial charge is 0.291 e. The number of aromatic amines is 1. The number of aryl methyl sites for hydroxylation is 1. The van der Waals surface area contributed by atoms with Crippen LogP contribution in [0, 0.1) is 11.3 Å².